The molecule has 2 N–H and O–H groups in total. The molecule has 2 heteroatoms. The van der Waals surface area contributed by atoms with Crippen LogP contribution >= 0.6 is 0 Å². The Hall–Kier alpha value is -1.93. The number of ketones is 1. The number of rotatable bonds is 5. The largest absolute Gasteiger partial charge is 0.330 e. The molecular formula is C17H19NO. The van der Waals surface area contributed by atoms with Gasteiger partial charge < -0.3 is 5.73 Å². The average molecular weight is 253 g/mol. The monoisotopic (exact) mass is 253 g/mol. The van der Waals surface area contributed by atoms with Crippen molar-refractivity contribution in [2.75, 3.05) is 6.54 Å². The summed E-state index contributed by atoms with van der Waals surface area (Å²) in [6, 6.07) is 9.32. The Kier molecular flexibility index (Phi) is 4.48. The molecule has 2 nitrogen and oxygen atoms in total. The number of allylic oxidation sites excluding steroid dienone is 6. The first-order chi connectivity index (χ1) is 9.26. The Labute approximate surface area is 114 Å². The van der Waals surface area contributed by atoms with Crippen LogP contribution in [-0.2, 0) is 0 Å². The Morgan fingerprint density at radius 1 is 1.26 bits per heavy atom. The molecule has 0 spiro atoms. The molecule has 0 saturated carbocycles. The van der Waals surface area contributed by atoms with E-state index in [0.717, 1.165) is 18.4 Å². The molecule has 1 unspecified atom stereocenters. The minimum absolute atomic E-state index is 0.0416. The van der Waals surface area contributed by atoms with Crippen LogP contribution in [0.3, 0.4) is 0 Å². The van der Waals surface area contributed by atoms with Gasteiger partial charge in [0.15, 0.2) is 5.78 Å². The first-order valence-corrected chi connectivity index (χ1v) is 6.59. The number of carbonyl (C=O) groups excluding carboxylic acids is 1. The van der Waals surface area contributed by atoms with Crippen molar-refractivity contribution in [1.29, 1.82) is 0 Å². The summed E-state index contributed by atoms with van der Waals surface area (Å²) in [7, 11) is 0. The molecule has 1 atom stereocenters. The highest BCUT2D eigenvalue weighted by Crippen LogP contribution is 2.33. The number of carbonyl (C=O) groups is 1. The fraction of sp³-hybridized carbons (Fsp3) is 0.235. The minimum Gasteiger partial charge on any atom is -0.330 e. The van der Waals surface area contributed by atoms with E-state index in [2.05, 4.69) is 12.2 Å². The van der Waals surface area contributed by atoms with Gasteiger partial charge in [-0.05, 0) is 25.5 Å². The van der Waals surface area contributed by atoms with E-state index in [9.17, 15) is 4.79 Å². The second-order valence-electron chi connectivity index (χ2n) is 4.83. The molecule has 0 heterocycles. The van der Waals surface area contributed by atoms with E-state index in [1.165, 1.54) is 0 Å². The second-order valence-corrected chi connectivity index (χ2v) is 4.83. The Balaban J connectivity index is 2.13. The van der Waals surface area contributed by atoms with Gasteiger partial charge in [0.05, 0.1) is 0 Å². The molecule has 0 fully saturated rings. The zero-order valence-electron chi connectivity index (χ0n) is 11.0. The highest BCUT2D eigenvalue weighted by molar-refractivity contribution is 6.04. The molecule has 0 bridgehead atoms. The fourth-order valence-corrected chi connectivity index (χ4v) is 2.28. The van der Waals surface area contributed by atoms with Crippen LogP contribution in [0.15, 0.2) is 66.8 Å². The zero-order valence-corrected chi connectivity index (χ0v) is 11.0. The normalized spacial score (nSPS) is 21.9. The maximum atomic E-state index is 12.1. The lowest BCUT2D eigenvalue weighted by Crippen LogP contribution is -2.20. The first-order valence-electron chi connectivity index (χ1n) is 6.59. The van der Waals surface area contributed by atoms with Gasteiger partial charge in [0.25, 0.3) is 0 Å². The van der Waals surface area contributed by atoms with Crippen molar-refractivity contribution >= 4 is 5.78 Å². The van der Waals surface area contributed by atoms with Crippen LogP contribution in [0.4, 0.5) is 0 Å². The topological polar surface area (TPSA) is 43.1 Å². The van der Waals surface area contributed by atoms with Gasteiger partial charge in [-0.2, -0.15) is 0 Å². The van der Waals surface area contributed by atoms with Crippen molar-refractivity contribution in [3.8, 4) is 0 Å². The van der Waals surface area contributed by atoms with Crippen LogP contribution in [0.25, 0.3) is 0 Å². The van der Waals surface area contributed by atoms with Gasteiger partial charge in [-0.3, -0.25) is 4.79 Å². The third kappa shape index (κ3) is 3.52. The van der Waals surface area contributed by atoms with Gasteiger partial charge in [0.2, 0.25) is 0 Å². The van der Waals surface area contributed by atoms with Crippen molar-refractivity contribution in [3.63, 3.8) is 0 Å². The predicted molar refractivity (Wildman–Crippen MR) is 78.9 cm³/mol. The summed E-state index contributed by atoms with van der Waals surface area (Å²) >= 11 is 0. The molecule has 1 aromatic carbocycles. The minimum atomic E-state index is -0.103. The fourth-order valence-electron chi connectivity index (χ4n) is 2.28. The Morgan fingerprint density at radius 2 is 2.05 bits per heavy atom. The molecule has 0 aromatic heterocycles. The van der Waals surface area contributed by atoms with Gasteiger partial charge in [-0.25, -0.2) is 0 Å². The predicted octanol–water partition coefficient (Wildman–Crippen LogP) is 3.28. The third-order valence-electron chi connectivity index (χ3n) is 3.41. The average Bonchev–Trinajstić information content (AvgIpc) is 2.47. The van der Waals surface area contributed by atoms with Crippen molar-refractivity contribution in [2.24, 2.45) is 11.1 Å². The Morgan fingerprint density at radius 3 is 2.68 bits per heavy atom. The van der Waals surface area contributed by atoms with E-state index >= 15 is 0 Å². The summed E-state index contributed by atoms with van der Waals surface area (Å²) in [5, 5.41) is 0. The molecule has 0 amide bonds. The van der Waals surface area contributed by atoms with Crippen LogP contribution in [0.5, 0.6) is 0 Å². The molecule has 2 rings (SSSR count). The van der Waals surface area contributed by atoms with Crippen LogP contribution in [0, 0.1) is 5.41 Å². The smallest absolute Gasteiger partial charge is 0.185 e. The lowest BCUT2D eigenvalue weighted by atomic mass is 9.78. The summed E-state index contributed by atoms with van der Waals surface area (Å²) in [4.78, 5) is 12.1. The Bertz CT molecular complexity index is 513. The maximum Gasteiger partial charge on any atom is 0.185 e. The number of benzene rings is 1. The summed E-state index contributed by atoms with van der Waals surface area (Å²) in [6.07, 6.45) is 13.7. The summed E-state index contributed by atoms with van der Waals surface area (Å²) in [5.41, 5.74) is 6.30. The summed E-state index contributed by atoms with van der Waals surface area (Å²) in [5.74, 6) is 0.0416. The maximum absolute atomic E-state index is 12.1. The van der Waals surface area contributed by atoms with Crippen LogP contribution < -0.4 is 5.73 Å². The highest BCUT2D eigenvalue weighted by atomic mass is 16.1. The molecule has 98 valence electrons. The van der Waals surface area contributed by atoms with E-state index in [0.29, 0.717) is 6.54 Å². The molecule has 0 radical (unpaired) electrons. The van der Waals surface area contributed by atoms with E-state index < -0.39 is 0 Å². The molecule has 1 aromatic rings. The van der Waals surface area contributed by atoms with E-state index in [1.54, 1.807) is 6.08 Å². The quantitative estimate of drug-likeness (QED) is 0.646. The van der Waals surface area contributed by atoms with Crippen LogP contribution in [0.2, 0.25) is 0 Å². The lowest BCUT2D eigenvalue weighted by molar-refractivity contribution is 0.104. The highest BCUT2D eigenvalue weighted by Gasteiger charge is 2.23. The third-order valence-corrected chi connectivity index (χ3v) is 3.41. The van der Waals surface area contributed by atoms with Crippen molar-refractivity contribution < 1.29 is 4.79 Å². The van der Waals surface area contributed by atoms with Crippen molar-refractivity contribution in [1.82, 2.24) is 0 Å². The molecule has 1 aliphatic carbocycles. The SMILES string of the molecule is NCCC1(C=CC(=O)c2ccccc2)C=CC=CC1. The second kappa shape index (κ2) is 6.30. The van der Waals surface area contributed by atoms with Crippen molar-refractivity contribution in [2.45, 2.75) is 12.8 Å². The van der Waals surface area contributed by atoms with Gasteiger partial charge in [0.1, 0.15) is 0 Å². The van der Waals surface area contributed by atoms with Gasteiger partial charge in [-0.1, -0.05) is 60.7 Å². The van der Waals surface area contributed by atoms with Crippen LogP contribution in [0.1, 0.15) is 23.2 Å². The first kappa shape index (κ1) is 13.5. The van der Waals surface area contributed by atoms with Gasteiger partial charge >= 0.3 is 0 Å². The summed E-state index contributed by atoms with van der Waals surface area (Å²) in [6.45, 7) is 0.613. The standard InChI is InChI=1S/C17H19NO/c18-14-13-17(10-5-2-6-11-17)12-9-16(19)15-7-3-1-4-8-15/h1-10,12H,11,13-14,18H2. The zero-order chi connectivity index (χ0) is 13.6. The molecule has 0 aliphatic heterocycles. The summed E-state index contributed by atoms with van der Waals surface area (Å²) < 4.78 is 0. The van der Waals surface area contributed by atoms with Gasteiger partial charge in [0, 0.05) is 11.0 Å². The molecule has 19 heavy (non-hydrogen) atoms. The van der Waals surface area contributed by atoms with Crippen molar-refractivity contribution in [3.05, 3.63) is 72.4 Å². The number of hydrogen-bond donors (Lipinski definition) is 1. The molecule has 1 aliphatic rings. The lowest BCUT2D eigenvalue weighted by Gasteiger charge is -2.27. The van der Waals surface area contributed by atoms with E-state index in [-0.39, 0.29) is 11.2 Å². The number of nitrogens with two attached hydrogens (primary N) is 1. The van der Waals surface area contributed by atoms with E-state index in [4.69, 9.17) is 5.73 Å². The van der Waals surface area contributed by atoms with Gasteiger partial charge in [-0.15, -0.1) is 0 Å². The van der Waals surface area contributed by atoms with Crippen LogP contribution in [-0.4, -0.2) is 12.3 Å². The van der Waals surface area contributed by atoms with E-state index in [1.807, 2.05) is 48.6 Å². The molecular weight excluding hydrogens is 234 g/mol. The molecule has 0 saturated heterocycles. The number of hydrogen-bond acceptors (Lipinski definition) is 2.